The lowest BCUT2D eigenvalue weighted by molar-refractivity contribution is 0.624. The van der Waals surface area contributed by atoms with Crippen LogP contribution in [0.1, 0.15) is 11.1 Å². The first-order valence-corrected chi connectivity index (χ1v) is 5.66. The lowest BCUT2D eigenvalue weighted by atomic mass is 10.1. The van der Waals surface area contributed by atoms with Crippen LogP contribution in [0.4, 0.5) is 10.2 Å². The highest BCUT2D eigenvalue weighted by molar-refractivity contribution is 5.36. The molecule has 0 saturated heterocycles. The molecule has 0 bridgehead atoms. The average Bonchev–Trinajstić information content (AvgIpc) is 2.34. The number of anilines is 1. The third-order valence-electron chi connectivity index (χ3n) is 2.71. The van der Waals surface area contributed by atoms with Crippen LogP contribution in [-0.4, -0.2) is 11.5 Å². The van der Waals surface area contributed by atoms with E-state index in [-0.39, 0.29) is 5.82 Å². The molecule has 1 heterocycles. The number of aryl methyl sites for hydroxylation is 1. The molecule has 0 unspecified atom stereocenters. The van der Waals surface area contributed by atoms with Gasteiger partial charge in [0.25, 0.3) is 0 Å². The fourth-order valence-corrected chi connectivity index (χ4v) is 1.72. The number of aromatic nitrogens is 1. The summed E-state index contributed by atoms with van der Waals surface area (Å²) in [5.41, 5.74) is 2.53. The Morgan fingerprint density at radius 1 is 1.18 bits per heavy atom. The van der Waals surface area contributed by atoms with Crippen LogP contribution >= 0.6 is 0 Å². The molecule has 0 aliphatic rings. The molecule has 0 atom stereocenters. The Morgan fingerprint density at radius 3 is 2.76 bits per heavy atom. The monoisotopic (exact) mass is 230 g/mol. The first-order valence-electron chi connectivity index (χ1n) is 5.66. The minimum atomic E-state index is -0.308. The molecular weight excluding hydrogens is 215 g/mol. The lowest BCUT2D eigenvalue weighted by Gasteiger charge is -2.08. The molecular formula is C14H15FN2. The summed E-state index contributed by atoms with van der Waals surface area (Å²) in [5, 5.41) is 3.00. The molecule has 3 heteroatoms. The van der Waals surface area contributed by atoms with E-state index < -0.39 is 0 Å². The van der Waals surface area contributed by atoms with Gasteiger partial charge in [0.15, 0.2) is 11.6 Å². The molecule has 2 aromatic rings. The van der Waals surface area contributed by atoms with Crippen LogP contribution in [-0.2, 0) is 6.42 Å². The molecule has 0 saturated carbocycles. The molecule has 0 radical (unpaired) electrons. The van der Waals surface area contributed by atoms with Gasteiger partial charge in [-0.1, -0.05) is 24.3 Å². The zero-order valence-corrected chi connectivity index (χ0v) is 9.78. The number of hydrogen-bond acceptors (Lipinski definition) is 2. The van der Waals surface area contributed by atoms with E-state index >= 15 is 0 Å². The molecule has 0 amide bonds. The molecule has 0 spiro atoms. The summed E-state index contributed by atoms with van der Waals surface area (Å²) < 4.78 is 13.3. The predicted molar refractivity (Wildman–Crippen MR) is 67.6 cm³/mol. The second-order valence-corrected chi connectivity index (χ2v) is 3.94. The van der Waals surface area contributed by atoms with Crippen LogP contribution in [0.2, 0.25) is 0 Å². The summed E-state index contributed by atoms with van der Waals surface area (Å²) in [6, 6.07) is 11.2. The Labute approximate surface area is 101 Å². The summed E-state index contributed by atoms with van der Waals surface area (Å²) in [7, 11) is 0. The molecule has 2 rings (SSSR count). The van der Waals surface area contributed by atoms with Crippen LogP contribution in [0.5, 0.6) is 0 Å². The van der Waals surface area contributed by atoms with Crippen molar-refractivity contribution in [1.29, 1.82) is 0 Å². The standard InChI is InChI=1S/C14H15FN2/c1-11-5-2-3-6-12(11)8-10-17-14-13(15)7-4-9-16-14/h2-7,9H,8,10H2,1H3,(H,16,17). The van der Waals surface area contributed by atoms with E-state index in [1.165, 1.54) is 17.2 Å². The van der Waals surface area contributed by atoms with Gasteiger partial charge in [-0.25, -0.2) is 9.37 Å². The van der Waals surface area contributed by atoms with E-state index in [0.29, 0.717) is 12.4 Å². The maximum Gasteiger partial charge on any atom is 0.165 e. The Hall–Kier alpha value is -1.90. The minimum absolute atomic E-state index is 0.308. The van der Waals surface area contributed by atoms with E-state index in [1.54, 1.807) is 12.3 Å². The van der Waals surface area contributed by atoms with E-state index in [9.17, 15) is 4.39 Å². The number of benzene rings is 1. The molecule has 1 N–H and O–H groups in total. The smallest absolute Gasteiger partial charge is 0.165 e. The third-order valence-corrected chi connectivity index (χ3v) is 2.71. The van der Waals surface area contributed by atoms with Gasteiger partial charge in [-0.3, -0.25) is 0 Å². The van der Waals surface area contributed by atoms with Crippen molar-refractivity contribution in [1.82, 2.24) is 4.98 Å². The Balaban J connectivity index is 1.93. The van der Waals surface area contributed by atoms with Crippen molar-refractivity contribution in [3.63, 3.8) is 0 Å². The first-order chi connectivity index (χ1) is 8.27. The van der Waals surface area contributed by atoms with Gasteiger partial charge in [-0.15, -0.1) is 0 Å². The second-order valence-electron chi connectivity index (χ2n) is 3.94. The van der Waals surface area contributed by atoms with Gasteiger partial charge in [0, 0.05) is 12.7 Å². The second kappa shape index (κ2) is 5.43. The van der Waals surface area contributed by atoms with Gasteiger partial charge in [-0.05, 0) is 36.6 Å². The van der Waals surface area contributed by atoms with Gasteiger partial charge < -0.3 is 5.32 Å². The van der Waals surface area contributed by atoms with E-state index in [1.807, 2.05) is 12.1 Å². The fourth-order valence-electron chi connectivity index (χ4n) is 1.72. The number of halogens is 1. The summed E-state index contributed by atoms with van der Waals surface area (Å²) in [4.78, 5) is 3.95. The van der Waals surface area contributed by atoms with Crippen molar-refractivity contribution in [2.45, 2.75) is 13.3 Å². The molecule has 0 aliphatic carbocycles. The van der Waals surface area contributed by atoms with E-state index in [4.69, 9.17) is 0 Å². The van der Waals surface area contributed by atoms with E-state index in [0.717, 1.165) is 6.42 Å². The lowest BCUT2D eigenvalue weighted by Crippen LogP contribution is -2.08. The Morgan fingerprint density at radius 2 is 2.00 bits per heavy atom. The van der Waals surface area contributed by atoms with Gasteiger partial charge in [0.05, 0.1) is 0 Å². The quantitative estimate of drug-likeness (QED) is 0.872. The van der Waals surface area contributed by atoms with Gasteiger partial charge in [0.2, 0.25) is 0 Å². The van der Waals surface area contributed by atoms with Crippen LogP contribution in [0, 0.1) is 12.7 Å². The number of nitrogens with one attached hydrogen (secondary N) is 1. The molecule has 1 aromatic heterocycles. The highest BCUT2D eigenvalue weighted by Gasteiger charge is 2.01. The zero-order valence-electron chi connectivity index (χ0n) is 9.78. The molecule has 0 fully saturated rings. The zero-order chi connectivity index (χ0) is 12.1. The number of hydrogen-bond donors (Lipinski definition) is 1. The minimum Gasteiger partial charge on any atom is -0.367 e. The highest BCUT2D eigenvalue weighted by atomic mass is 19.1. The fraction of sp³-hybridized carbons (Fsp3) is 0.214. The van der Waals surface area contributed by atoms with Crippen molar-refractivity contribution in [2.24, 2.45) is 0 Å². The summed E-state index contributed by atoms with van der Waals surface area (Å²) >= 11 is 0. The van der Waals surface area contributed by atoms with Crippen molar-refractivity contribution >= 4 is 5.82 Å². The van der Waals surface area contributed by atoms with Gasteiger partial charge in [-0.2, -0.15) is 0 Å². The van der Waals surface area contributed by atoms with Crippen molar-refractivity contribution < 1.29 is 4.39 Å². The summed E-state index contributed by atoms with van der Waals surface area (Å²) in [6.45, 7) is 2.76. The van der Waals surface area contributed by atoms with Gasteiger partial charge in [0.1, 0.15) is 0 Å². The van der Waals surface area contributed by atoms with Crippen LogP contribution in [0.15, 0.2) is 42.6 Å². The molecule has 88 valence electrons. The van der Waals surface area contributed by atoms with Crippen LogP contribution < -0.4 is 5.32 Å². The topological polar surface area (TPSA) is 24.9 Å². The molecule has 0 aliphatic heterocycles. The molecule has 1 aromatic carbocycles. The summed E-state index contributed by atoms with van der Waals surface area (Å²) in [6.07, 6.45) is 2.45. The maximum absolute atomic E-state index is 13.3. The van der Waals surface area contributed by atoms with Crippen molar-refractivity contribution in [2.75, 3.05) is 11.9 Å². The van der Waals surface area contributed by atoms with Crippen LogP contribution in [0.3, 0.4) is 0 Å². The molecule has 17 heavy (non-hydrogen) atoms. The maximum atomic E-state index is 13.3. The first kappa shape index (κ1) is 11.6. The Kier molecular flexibility index (Phi) is 3.70. The SMILES string of the molecule is Cc1ccccc1CCNc1ncccc1F. The number of nitrogens with zero attached hydrogens (tertiary/aromatic N) is 1. The van der Waals surface area contributed by atoms with Crippen molar-refractivity contribution in [3.05, 3.63) is 59.5 Å². The number of rotatable bonds is 4. The Bertz CT molecular complexity index is 452. The van der Waals surface area contributed by atoms with Crippen molar-refractivity contribution in [3.8, 4) is 0 Å². The predicted octanol–water partition coefficient (Wildman–Crippen LogP) is 3.18. The van der Waals surface area contributed by atoms with E-state index in [2.05, 4.69) is 29.4 Å². The summed E-state index contributed by atoms with van der Waals surface area (Å²) in [5.74, 6) is 0.0124. The normalized spacial score (nSPS) is 10.2. The van der Waals surface area contributed by atoms with Gasteiger partial charge >= 0.3 is 0 Å². The average molecular weight is 230 g/mol. The molecule has 2 nitrogen and oxygen atoms in total. The number of pyridine rings is 1. The largest absolute Gasteiger partial charge is 0.367 e. The third kappa shape index (κ3) is 3.03. The van der Waals surface area contributed by atoms with Crippen LogP contribution in [0.25, 0.3) is 0 Å². The highest BCUT2D eigenvalue weighted by Crippen LogP contribution is 2.10.